The molecule has 4 unspecified atom stereocenters. The highest BCUT2D eigenvalue weighted by Crippen LogP contribution is 2.48. The van der Waals surface area contributed by atoms with Crippen LogP contribution in [0.1, 0.15) is 32.6 Å². The standard InChI is InChI=1S/C11H18BrNO/c1-7(12)6-13-11(14)10-5-8-2-3-9(10)4-8/h7-10H,2-6H2,1H3,(H,13,14). The van der Waals surface area contributed by atoms with E-state index in [4.69, 9.17) is 0 Å². The zero-order valence-electron chi connectivity index (χ0n) is 8.63. The predicted molar refractivity (Wildman–Crippen MR) is 60.3 cm³/mol. The highest BCUT2D eigenvalue weighted by molar-refractivity contribution is 9.09. The number of hydrogen-bond acceptors (Lipinski definition) is 1. The van der Waals surface area contributed by atoms with Gasteiger partial charge in [-0.3, -0.25) is 4.79 Å². The lowest BCUT2D eigenvalue weighted by molar-refractivity contribution is -0.126. The largest absolute Gasteiger partial charge is 0.355 e. The van der Waals surface area contributed by atoms with Crippen molar-refractivity contribution in [3.8, 4) is 0 Å². The van der Waals surface area contributed by atoms with Crippen LogP contribution in [0.5, 0.6) is 0 Å². The molecule has 0 aromatic carbocycles. The Bertz CT molecular complexity index is 229. The number of hydrogen-bond donors (Lipinski definition) is 1. The van der Waals surface area contributed by atoms with Crippen LogP contribution in [0.4, 0.5) is 0 Å². The molecule has 0 aliphatic heterocycles. The van der Waals surface area contributed by atoms with Crippen molar-refractivity contribution in [1.29, 1.82) is 0 Å². The van der Waals surface area contributed by atoms with E-state index in [0.717, 1.165) is 18.9 Å². The summed E-state index contributed by atoms with van der Waals surface area (Å²) in [7, 11) is 0. The summed E-state index contributed by atoms with van der Waals surface area (Å²) in [4.78, 5) is 12.2. The van der Waals surface area contributed by atoms with E-state index in [1.807, 2.05) is 0 Å². The first-order valence-corrected chi connectivity index (χ1v) is 6.50. The fourth-order valence-corrected chi connectivity index (χ4v) is 3.10. The molecule has 14 heavy (non-hydrogen) atoms. The first kappa shape index (κ1) is 10.5. The molecular formula is C11H18BrNO. The number of alkyl halides is 1. The van der Waals surface area contributed by atoms with Gasteiger partial charge in [-0.1, -0.05) is 29.3 Å². The van der Waals surface area contributed by atoms with Crippen LogP contribution < -0.4 is 5.32 Å². The van der Waals surface area contributed by atoms with Gasteiger partial charge in [0.1, 0.15) is 0 Å². The van der Waals surface area contributed by atoms with Crippen LogP contribution in [0.2, 0.25) is 0 Å². The summed E-state index contributed by atoms with van der Waals surface area (Å²) < 4.78 is 0. The van der Waals surface area contributed by atoms with Crippen molar-refractivity contribution in [2.24, 2.45) is 17.8 Å². The van der Waals surface area contributed by atoms with E-state index < -0.39 is 0 Å². The molecule has 80 valence electrons. The number of carbonyl (C=O) groups excluding carboxylic acids is 1. The predicted octanol–water partition coefficient (Wildman–Crippen LogP) is 2.32. The van der Waals surface area contributed by atoms with Gasteiger partial charge in [0, 0.05) is 17.3 Å². The molecule has 3 heteroatoms. The van der Waals surface area contributed by atoms with Gasteiger partial charge in [0.25, 0.3) is 0 Å². The highest BCUT2D eigenvalue weighted by atomic mass is 79.9. The van der Waals surface area contributed by atoms with E-state index in [-0.39, 0.29) is 0 Å². The Labute approximate surface area is 94.0 Å². The van der Waals surface area contributed by atoms with E-state index in [2.05, 4.69) is 28.2 Å². The Balaban J connectivity index is 1.81. The Morgan fingerprint density at radius 3 is 2.79 bits per heavy atom. The Hall–Kier alpha value is -0.0500. The maximum Gasteiger partial charge on any atom is 0.223 e. The number of carbonyl (C=O) groups is 1. The van der Waals surface area contributed by atoms with E-state index in [0.29, 0.717) is 22.6 Å². The Morgan fingerprint density at radius 2 is 2.29 bits per heavy atom. The molecule has 1 N–H and O–H groups in total. The van der Waals surface area contributed by atoms with Gasteiger partial charge in [-0.15, -0.1) is 0 Å². The topological polar surface area (TPSA) is 29.1 Å². The van der Waals surface area contributed by atoms with Crippen LogP contribution in [0.3, 0.4) is 0 Å². The van der Waals surface area contributed by atoms with Crippen molar-refractivity contribution in [3.05, 3.63) is 0 Å². The summed E-state index contributed by atoms with van der Waals surface area (Å²) in [5, 5.41) is 3.02. The minimum absolute atomic E-state index is 0.295. The number of amides is 1. The van der Waals surface area contributed by atoms with Gasteiger partial charge in [0.2, 0.25) is 5.91 Å². The third-order valence-electron chi connectivity index (χ3n) is 3.63. The lowest BCUT2D eigenvalue weighted by Gasteiger charge is -2.21. The average molecular weight is 260 g/mol. The summed E-state index contributed by atoms with van der Waals surface area (Å²) >= 11 is 3.44. The second-order valence-corrected chi connectivity index (χ2v) is 6.37. The summed E-state index contributed by atoms with van der Waals surface area (Å²) in [5.41, 5.74) is 0. The quantitative estimate of drug-likeness (QED) is 0.775. The fraction of sp³-hybridized carbons (Fsp3) is 0.909. The maximum absolute atomic E-state index is 11.8. The second kappa shape index (κ2) is 4.21. The van der Waals surface area contributed by atoms with Gasteiger partial charge in [-0.05, 0) is 31.1 Å². The molecule has 4 atom stereocenters. The van der Waals surface area contributed by atoms with Crippen LogP contribution in [0.25, 0.3) is 0 Å². The van der Waals surface area contributed by atoms with Crippen LogP contribution in [0, 0.1) is 17.8 Å². The first-order valence-electron chi connectivity index (χ1n) is 5.58. The van der Waals surface area contributed by atoms with Gasteiger partial charge >= 0.3 is 0 Å². The molecule has 0 spiro atoms. The molecule has 2 aliphatic rings. The van der Waals surface area contributed by atoms with Gasteiger partial charge in [0.05, 0.1) is 0 Å². The van der Waals surface area contributed by atoms with Crippen molar-refractivity contribution in [3.63, 3.8) is 0 Å². The van der Waals surface area contributed by atoms with Crippen LogP contribution in [-0.4, -0.2) is 17.3 Å². The fourth-order valence-electron chi connectivity index (χ4n) is 2.94. The van der Waals surface area contributed by atoms with Gasteiger partial charge < -0.3 is 5.32 Å². The Morgan fingerprint density at radius 1 is 1.50 bits per heavy atom. The zero-order chi connectivity index (χ0) is 10.1. The molecule has 2 saturated carbocycles. The molecular weight excluding hydrogens is 242 g/mol. The molecule has 0 aromatic heterocycles. The molecule has 0 radical (unpaired) electrons. The van der Waals surface area contributed by atoms with Crippen molar-refractivity contribution in [2.75, 3.05) is 6.54 Å². The number of halogens is 1. The lowest BCUT2D eigenvalue weighted by atomic mass is 9.88. The number of fused-ring (bicyclic) bond motifs is 2. The Kier molecular flexibility index (Phi) is 3.15. The summed E-state index contributed by atoms with van der Waals surface area (Å²) in [6.07, 6.45) is 5.10. The van der Waals surface area contributed by atoms with E-state index in [9.17, 15) is 4.79 Å². The smallest absolute Gasteiger partial charge is 0.223 e. The molecule has 0 saturated heterocycles. The van der Waals surface area contributed by atoms with Crippen molar-refractivity contribution in [1.82, 2.24) is 5.32 Å². The second-order valence-electron chi connectivity index (χ2n) is 4.81. The van der Waals surface area contributed by atoms with Gasteiger partial charge in [-0.25, -0.2) is 0 Å². The summed E-state index contributed by atoms with van der Waals surface area (Å²) in [6.45, 7) is 2.81. The van der Waals surface area contributed by atoms with Gasteiger partial charge in [-0.2, -0.15) is 0 Å². The SMILES string of the molecule is CC(Br)CNC(=O)C1CC2CCC1C2. The maximum atomic E-state index is 11.8. The number of nitrogens with one attached hydrogen (secondary N) is 1. The lowest BCUT2D eigenvalue weighted by Crippen LogP contribution is -2.36. The van der Waals surface area contributed by atoms with E-state index in [1.54, 1.807) is 0 Å². The molecule has 2 fully saturated rings. The normalized spacial score (nSPS) is 37.1. The summed E-state index contributed by atoms with van der Waals surface area (Å²) in [6, 6.07) is 0. The van der Waals surface area contributed by atoms with E-state index in [1.165, 1.54) is 19.3 Å². The van der Waals surface area contributed by atoms with Crippen molar-refractivity contribution >= 4 is 21.8 Å². The third kappa shape index (κ3) is 2.13. The average Bonchev–Trinajstić information content (AvgIpc) is 2.74. The van der Waals surface area contributed by atoms with Crippen molar-refractivity contribution in [2.45, 2.75) is 37.4 Å². The minimum atomic E-state index is 0.295. The first-order chi connectivity index (χ1) is 6.66. The van der Waals surface area contributed by atoms with Gasteiger partial charge in [0.15, 0.2) is 0 Å². The summed E-state index contributed by atoms with van der Waals surface area (Å²) in [5.74, 6) is 2.19. The molecule has 0 heterocycles. The minimum Gasteiger partial charge on any atom is -0.355 e. The third-order valence-corrected chi connectivity index (χ3v) is 3.96. The monoisotopic (exact) mass is 259 g/mol. The zero-order valence-corrected chi connectivity index (χ0v) is 10.2. The van der Waals surface area contributed by atoms with Crippen LogP contribution in [-0.2, 0) is 4.79 Å². The molecule has 2 aliphatic carbocycles. The van der Waals surface area contributed by atoms with E-state index >= 15 is 0 Å². The molecule has 2 nitrogen and oxygen atoms in total. The highest BCUT2D eigenvalue weighted by Gasteiger charge is 2.42. The van der Waals surface area contributed by atoms with Crippen LogP contribution >= 0.6 is 15.9 Å². The molecule has 2 bridgehead atoms. The van der Waals surface area contributed by atoms with Crippen LogP contribution in [0.15, 0.2) is 0 Å². The molecule has 1 amide bonds. The molecule has 0 aromatic rings. The van der Waals surface area contributed by atoms with Crippen molar-refractivity contribution < 1.29 is 4.79 Å². The number of rotatable bonds is 3. The molecule has 2 rings (SSSR count).